The predicted molar refractivity (Wildman–Crippen MR) is 88.8 cm³/mol. The summed E-state index contributed by atoms with van der Waals surface area (Å²) in [6.45, 7) is 12.0. The van der Waals surface area contributed by atoms with E-state index >= 15 is 0 Å². The van der Waals surface area contributed by atoms with Crippen LogP contribution in [0.2, 0.25) is 0 Å². The van der Waals surface area contributed by atoms with Gasteiger partial charge in [0.15, 0.2) is 11.5 Å². The lowest BCUT2D eigenvalue weighted by atomic mass is 10.0. The molecule has 1 aromatic rings. The van der Waals surface area contributed by atoms with Crippen LogP contribution in [0.25, 0.3) is 0 Å². The first-order valence-electron chi connectivity index (χ1n) is 7.77. The van der Waals surface area contributed by atoms with E-state index in [9.17, 15) is 0 Å². The minimum Gasteiger partial charge on any atom is -0.489 e. The third kappa shape index (κ3) is 6.58. The molecule has 0 saturated heterocycles. The van der Waals surface area contributed by atoms with Gasteiger partial charge in [-0.05, 0) is 36.0 Å². The maximum atomic E-state index is 5.91. The Morgan fingerprint density at radius 3 is 2.05 bits per heavy atom. The fourth-order valence-corrected chi connectivity index (χ4v) is 1.84. The molecule has 0 aliphatic heterocycles. The zero-order chi connectivity index (χ0) is 15.8. The van der Waals surface area contributed by atoms with Crippen LogP contribution in [0.4, 0.5) is 0 Å². The zero-order valence-electron chi connectivity index (χ0n) is 14.0. The van der Waals surface area contributed by atoms with Crippen LogP contribution in [-0.2, 0) is 6.42 Å². The first kappa shape index (κ1) is 17.4. The van der Waals surface area contributed by atoms with Gasteiger partial charge >= 0.3 is 0 Å². The molecule has 1 unspecified atom stereocenters. The first-order valence-corrected chi connectivity index (χ1v) is 7.77. The van der Waals surface area contributed by atoms with Crippen molar-refractivity contribution in [2.45, 2.75) is 41.0 Å². The van der Waals surface area contributed by atoms with Gasteiger partial charge in [-0.25, -0.2) is 0 Å². The van der Waals surface area contributed by atoms with Crippen LogP contribution >= 0.6 is 0 Å². The van der Waals surface area contributed by atoms with E-state index < -0.39 is 0 Å². The zero-order valence-corrected chi connectivity index (χ0v) is 14.0. The average molecular weight is 288 g/mol. The van der Waals surface area contributed by atoms with Gasteiger partial charge in [-0.2, -0.15) is 0 Å². The molecule has 0 radical (unpaired) electrons. The summed E-state index contributed by atoms with van der Waals surface area (Å²) in [6, 6.07) is 6.13. The lowest BCUT2D eigenvalue weighted by molar-refractivity contribution is 0.229. The molecule has 0 N–H and O–H groups in total. The fraction of sp³-hybridized carbons (Fsp3) is 0.579. The van der Waals surface area contributed by atoms with Crippen LogP contribution in [-0.4, -0.2) is 13.2 Å². The Balaban J connectivity index is 2.88. The second-order valence-corrected chi connectivity index (χ2v) is 6.46. The third-order valence-corrected chi connectivity index (χ3v) is 2.98. The smallest absolute Gasteiger partial charge is 0.161 e. The van der Waals surface area contributed by atoms with Crippen molar-refractivity contribution in [1.82, 2.24) is 0 Å². The summed E-state index contributed by atoms with van der Waals surface area (Å²) in [4.78, 5) is 0. The summed E-state index contributed by atoms with van der Waals surface area (Å²) in [5, 5.41) is 0. The minimum atomic E-state index is 0.227. The molecular formula is C19H28O2. The van der Waals surface area contributed by atoms with Crippen molar-refractivity contribution >= 4 is 0 Å². The van der Waals surface area contributed by atoms with E-state index in [0.29, 0.717) is 25.0 Å². The van der Waals surface area contributed by atoms with Crippen LogP contribution in [0.15, 0.2) is 18.2 Å². The van der Waals surface area contributed by atoms with Gasteiger partial charge < -0.3 is 9.47 Å². The highest BCUT2D eigenvalue weighted by molar-refractivity contribution is 5.43. The molecule has 0 amide bonds. The van der Waals surface area contributed by atoms with Gasteiger partial charge in [-0.15, -0.1) is 12.3 Å². The Labute approximate surface area is 129 Å². The molecule has 0 aromatic heterocycles. The molecule has 2 nitrogen and oxygen atoms in total. The van der Waals surface area contributed by atoms with E-state index in [-0.39, 0.29) is 5.92 Å². The van der Waals surface area contributed by atoms with Crippen LogP contribution in [0.5, 0.6) is 11.5 Å². The summed E-state index contributed by atoms with van der Waals surface area (Å²) in [5.41, 5.74) is 1.19. The Morgan fingerprint density at radius 2 is 1.52 bits per heavy atom. The van der Waals surface area contributed by atoms with Crippen molar-refractivity contribution in [2.24, 2.45) is 17.8 Å². The maximum Gasteiger partial charge on any atom is 0.161 e. The second-order valence-electron chi connectivity index (χ2n) is 6.46. The largest absolute Gasteiger partial charge is 0.489 e. The molecule has 21 heavy (non-hydrogen) atoms. The fourth-order valence-electron chi connectivity index (χ4n) is 1.84. The van der Waals surface area contributed by atoms with Crippen LogP contribution < -0.4 is 9.47 Å². The van der Waals surface area contributed by atoms with Crippen molar-refractivity contribution in [3.05, 3.63) is 23.8 Å². The molecule has 0 aliphatic rings. The molecule has 2 heteroatoms. The highest BCUT2D eigenvalue weighted by Crippen LogP contribution is 2.30. The monoisotopic (exact) mass is 288 g/mol. The van der Waals surface area contributed by atoms with E-state index in [1.165, 1.54) is 5.56 Å². The highest BCUT2D eigenvalue weighted by atomic mass is 16.5. The van der Waals surface area contributed by atoms with E-state index in [4.69, 9.17) is 15.9 Å². The summed E-state index contributed by atoms with van der Waals surface area (Å²) in [5.74, 6) is 5.61. The Morgan fingerprint density at radius 1 is 0.952 bits per heavy atom. The predicted octanol–water partition coefficient (Wildman–Crippen LogP) is 4.57. The Kier molecular flexibility index (Phi) is 7.15. The number of rotatable bonds is 8. The molecule has 0 aliphatic carbocycles. The Hall–Kier alpha value is -1.62. The van der Waals surface area contributed by atoms with Crippen molar-refractivity contribution in [2.75, 3.05) is 13.2 Å². The molecule has 1 aromatic carbocycles. The van der Waals surface area contributed by atoms with Gasteiger partial charge in [0, 0.05) is 5.92 Å². The second kappa shape index (κ2) is 8.62. The normalized spacial score (nSPS) is 12.3. The number of ether oxygens (including phenoxy) is 2. The summed E-state index contributed by atoms with van der Waals surface area (Å²) in [6.07, 6.45) is 6.32. The van der Waals surface area contributed by atoms with Crippen LogP contribution in [0.1, 0.15) is 40.2 Å². The molecule has 1 atom stereocenters. The van der Waals surface area contributed by atoms with Gasteiger partial charge in [-0.1, -0.05) is 40.7 Å². The van der Waals surface area contributed by atoms with Crippen molar-refractivity contribution in [3.63, 3.8) is 0 Å². The molecule has 1 rings (SSSR count). The van der Waals surface area contributed by atoms with E-state index in [2.05, 4.69) is 52.7 Å². The van der Waals surface area contributed by atoms with Crippen molar-refractivity contribution in [3.8, 4) is 23.8 Å². The molecule has 0 spiro atoms. The average Bonchev–Trinajstić information content (AvgIpc) is 2.43. The molecule has 0 fully saturated rings. The van der Waals surface area contributed by atoms with Gasteiger partial charge in [0.2, 0.25) is 0 Å². The number of hydrogen-bond acceptors (Lipinski definition) is 2. The maximum absolute atomic E-state index is 5.91. The topological polar surface area (TPSA) is 18.5 Å². The molecule has 0 bridgehead atoms. The number of benzene rings is 1. The highest BCUT2D eigenvalue weighted by Gasteiger charge is 2.10. The molecule has 116 valence electrons. The van der Waals surface area contributed by atoms with Crippen molar-refractivity contribution in [1.29, 1.82) is 0 Å². The van der Waals surface area contributed by atoms with Gasteiger partial charge in [0.25, 0.3) is 0 Å². The summed E-state index contributed by atoms with van der Waals surface area (Å²) in [7, 11) is 0. The van der Waals surface area contributed by atoms with E-state index in [1.54, 1.807) is 0 Å². The third-order valence-electron chi connectivity index (χ3n) is 2.98. The van der Waals surface area contributed by atoms with Crippen LogP contribution in [0.3, 0.4) is 0 Å². The molecule has 0 heterocycles. The quantitative estimate of drug-likeness (QED) is 0.652. The van der Waals surface area contributed by atoms with Gasteiger partial charge in [0.1, 0.15) is 0 Å². The first-order chi connectivity index (χ1) is 9.92. The Bertz CT molecular complexity index is 469. The number of hydrogen-bond donors (Lipinski definition) is 0. The van der Waals surface area contributed by atoms with E-state index in [0.717, 1.165) is 17.9 Å². The molecular weight excluding hydrogens is 260 g/mol. The van der Waals surface area contributed by atoms with Crippen LogP contribution in [0, 0.1) is 30.1 Å². The lowest BCUT2D eigenvalue weighted by Gasteiger charge is -2.17. The lowest BCUT2D eigenvalue weighted by Crippen LogP contribution is -2.09. The number of terminal acetylenes is 1. The van der Waals surface area contributed by atoms with Gasteiger partial charge in [0.05, 0.1) is 13.2 Å². The SMILES string of the molecule is C#CC(C)Cc1ccc(OCC(C)C)c(OCC(C)C)c1. The van der Waals surface area contributed by atoms with Crippen molar-refractivity contribution < 1.29 is 9.47 Å². The summed E-state index contributed by atoms with van der Waals surface area (Å²) < 4.78 is 11.8. The summed E-state index contributed by atoms with van der Waals surface area (Å²) >= 11 is 0. The minimum absolute atomic E-state index is 0.227. The standard InChI is InChI=1S/C19H28O2/c1-7-16(6)10-17-8-9-18(20-12-14(2)3)19(11-17)21-13-15(4)5/h1,8-9,11,14-16H,10,12-13H2,2-6H3. The van der Waals surface area contributed by atoms with E-state index in [1.807, 2.05) is 6.07 Å². The van der Waals surface area contributed by atoms with Gasteiger partial charge in [-0.3, -0.25) is 0 Å². The molecule has 0 saturated carbocycles.